The first-order valence-corrected chi connectivity index (χ1v) is 16.3. The summed E-state index contributed by atoms with van der Waals surface area (Å²) >= 11 is 15.9. The maximum Gasteiger partial charge on any atom is 0.264 e. The van der Waals surface area contributed by atoms with Gasteiger partial charge in [-0.1, -0.05) is 81.8 Å². The third-order valence-electron chi connectivity index (χ3n) is 7.21. The molecule has 7 nitrogen and oxygen atoms in total. The number of rotatable bonds is 10. The van der Waals surface area contributed by atoms with E-state index in [4.69, 9.17) is 23.2 Å². The molecule has 3 aromatic rings. The molecule has 41 heavy (non-hydrogen) atoms. The Hall–Kier alpha value is -2.59. The van der Waals surface area contributed by atoms with Crippen LogP contribution in [-0.2, 0) is 26.2 Å². The summed E-state index contributed by atoms with van der Waals surface area (Å²) in [7, 11) is -4.15. The smallest absolute Gasteiger partial charge is 0.264 e. The molecule has 11 heteroatoms. The lowest BCUT2D eigenvalue weighted by atomic mass is 10.1. The Labute approximate surface area is 260 Å². The topological polar surface area (TPSA) is 86.8 Å². The highest BCUT2D eigenvalue weighted by Crippen LogP contribution is 2.28. The predicted octanol–water partition coefficient (Wildman–Crippen LogP) is 6.74. The summed E-state index contributed by atoms with van der Waals surface area (Å²) in [4.78, 5) is 28.8. The molecule has 2 amide bonds. The number of benzene rings is 3. The van der Waals surface area contributed by atoms with E-state index in [9.17, 15) is 18.0 Å². The number of halogens is 3. The second-order valence-corrected chi connectivity index (χ2v) is 13.8. The highest BCUT2D eigenvalue weighted by Gasteiger charge is 2.33. The zero-order valence-electron chi connectivity index (χ0n) is 22.8. The van der Waals surface area contributed by atoms with Gasteiger partial charge in [0.1, 0.15) is 12.6 Å². The number of carbonyl (C=O) groups excluding carboxylic acids is 2. The van der Waals surface area contributed by atoms with Gasteiger partial charge in [0, 0.05) is 27.1 Å². The molecule has 1 unspecified atom stereocenters. The molecule has 0 aliphatic heterocycles. The summed E-state index contributed by atoms with van der Waals surface area (Å²) in [6.45, 7) is 2.97. The van der Waals surface area contributed by atoms with Crippen LogP contribution in [0.5, 0.6) is 0 Å². The van der Waals surface area contributed by atoms with Crippen LogP contribution in [0.1, 0.15) is 43.7 Å². The molecule has 0 aromatic heterocycles. The van der Waals surface area contributed by atoms with Crippen molar-refractivity contribution in [3.05, 3.63) is 92.4 Å². The van der Waals surface area contributed by atoms with Crippen molar-refractivity contribution in [2.45, 2.75) is 63.1 Å². The van der Waals surface area contributed by atoms with Crippen LogP contribution >= 0.6 is 39.1 Å². The molecule has 1 aliphatic carbocycles. The van der Waals surface area contributed by atoms with E-state index < -0.39 is 28.5 Å². The summed E-state index contributed by atoms with van der Waals surface area (Å²) in [5.74, 6) is -0.855. The average molecular weight is 681 g/mol. The minimum atomic E-state index is -4.15. The van der Waals surface area contributed by atoms with Crippen LogP contribution in [0, 0.1) is 6.92 Å². The molecule has 1 atom stereocenters. The Morgan fingerprint density at radius 1 is 1.02 bits per heavy atom. The second-order valence-electron chi connectivity index (χ2n) is 10.2. The molecule has 1 saturated carbocycles. The van der Waals surface area contributed by atoms with Gasteiger partial charge in [-0.25, -0.2) is 8.42 Å². The molecule has 1 fully saturated rings. The van der Waals surface area contributed by atoms with E-state index in [1.807, 2.05) is 6.92 Å². The van der Waals surface area contributed by atoms with Crippen LogP contribution < -0.4 is 9.62 Å². The normalized spacial score (nSPS) is 14.5. The van der Waals surface area contributed by atoms with Gasteiger partial charge in [0.15, 0.2) is 0 Å². The molecule has 218 valence electrons. The van der Waals surface area contributed by atoms with Gasteiger partial charge >= 0.3 is 0 Å². The minimum Gasteiger partial charge on any atom is -0.352 e. The largest absolute Gasteiger partial charge is 0.352 e. The van der Waals surface area contributed by atoms with Crippen LogP contribution in [0.15, 0.2) is 76.1 Å². The fraction of sp³-hybridized carbons (Fsp3) is 0.333. The zero-order chi connectivity index (χ0) is 29.7. The second kappa shape index (κ2) is 13.6. The zero-order valence-corrected chi connectivity index (χ0v) is 26.7. The fourth-order valence-corrected chi connectivity index (χ4v) is 7.07. The molecule has 4 rings (SSSR count). The Balaban J connectivity index is 1.70. The van der Waals surface area contributed by atoms with Gasteiger partial charge in [0.05, 0.1) is 10.6 Å². The number of nitrogens with zero attached hydrogens (tertiary/aromatic N) is 2. The predicted molar refractivity (Wildman–Crippen MR) is 167 cm³/mol. The molecule has 0 radical (unpaired) electrons. The number of carbonyl (C=O) groups is 2. The van der Waals surface area contributed by atoms with Crippen LogP contribution in [0.25, 0.3) is 0 Å². The SMILES string of the molecule is Cc1ccc(S(=O)(=O)N(CC(=O)N(Cc2ccc(Cl)cc2Cl)C(C)C(=O)NC2CCCC2)c2cccc(Br)c2)cc1. The number of nitrogens with one attached hydrogen (secondary N) is 1. The fourth-order valence-electron chi connectivity index (χ4n) is 4.81. The summed E-state index contributed by atoms with van der Waals surface area (Å²) in [6.07, 6.45) is 3.86. The molecule has 0 bridgehead atoms. The molecular formula is C30H32BrCl2N3O4S. The monoisotopic (exact) mass is 679 g/mol. The van der Waals surface area contributed by atoms with Crippen molar-refractivity contribution in [1.29, 1.82) is 0 Å². The van der Waals surface area contributed by atoms with E-state index in [-0.39, 0.29) is 23.4 Å². The van der Waals surface area contributed by atoms with Crippen LogP contribution in [0.3, 0.4) is 0 Å². The van der Waals surface area contributed by atoms with Crippen molar-refractivity contribution >= 4 is 66.7 Å². The van der Waals surface area contributed by atoms with Crippen molar-refractivity contribution in [3.63, 3.8) is 0 Å². The number of aryl methyl sites for hydroxylation is 1. The molecular weight excluding hydrogens is 649 g/mol. The van der Waals surface area contributed by atoms with Crippen molar-refractivity contribution in [2.24, 2.45) is 0 Å². The van der Waals surface area contributed by atoms with Crippen LogP contribution in [-0.4, -0.2) is 43.8 Å². The van der Waals surface area contributed by atoms with E-state index in [1.54, 1.807) is 61.5 Å². The summed E-state index contributed by atoms with van der Waals surface area (Å²) < 4.78 is 29.6. The first kappa shape index (κ1) is 31.3. The van der Waals surface area contributed by atoms with Gasteiger partial charge in [-0.3, -0.25) is 13.9 Å². The van der Waals surface area contributed by atoms with Gasteiger partial charge < -0.3 is 10.2 Å². The standard InChI is InChI=1S/C30H32BrCl2N3O4S/c1-20-10-14-27(15-11-20)41(39,40)36(26-9-5-6-23(31)16-26)19-29(37)35(18-22-12-13-24(32)17-28(22)33)21(2)30(38)34-25-7-3-4-8-25/h5-6,9-17,21,25H,3-4,7-8,18-19H2,1-2H3,(H,34,38). The summed E-state index contributed by atoms with van der Waals surface area (Å²) in [6, 6.07) is 17.3. The van der Waals surface area contributed by atoms with Gasteiger partial charge in [-0.2, -0.15) is 0 Å². The Morgan fingerprint density at radius 2 is 1.71 bits per heavy atom. The lowest BCUT2D eigenvalue weighted by Crippen LogP contribution is -2.52. The molecule has 0 spiro atoms. The van der Waals surface area contributed by atoms with Crippen molar-refractivity contribution < 1.29 is 18.0 Å². The van der Waals surface area contributed by atoms with E-state index >= 15 is 0 Å². The average Bonchev–Trinajstić information content (AvgIpc) is 3.44. The van der Waals surface area contributed by atoms with Crippen molar-refractivity contribution in [3.8, 4) is 0 Å². The van der Waals surface area contributed by atoms with Crippen molar-refractivity contribution in [2.75, 3.05) is 10.8 Å². The molecule has 0 heterocycles. The molecule has 3 aromatic carbocycles. The number of amides is 2. The molecule has 0 saturated heterocycles. The molecule has 1 N–H and O–H groups in total. The van der Waals surface area contributed by atoms with Crippen LogP contribution in [0.4, 0.5) is 5.69 Å². The Morgan fingerprint density at radius 3 is 2.34 bits per heavy atom. The Kier molecular flexibility index (Phi) is 10.4. The lowest BCUT2D eigenvalue weighted by Gasteiger charge is -2.32. The number of hydrogen-bond acceptors (Lipinski definition) is 4. The van der Waals surface area contributed by atoms with Gasteiger partial charge in [-0.15, -0.1) is 0 Å². The number of sulfonamides is 1. The van der Waals surface area contributed by atoms with E-state index in [0.29, 0.717) is 25.8 Å². The third-order valence-corrected chi connectivity index (χ3v) is 10.1. The minimum absolute atomic E-state index is 0.00894. The number of anilines is 1. The Bertz CT molecular complexity index is 1510. The highest BCUT2D eigenvalue weighted by atomic mass is 79.9. The quantitative estimate of drug-likeness (QED) is 0.257. The van der Waals surface area contributed by atoms with Gasteiger partial charge in [-0.05, 0) is 74.7 Å². The summed E-state index contributed by atoms with van der Waals surface area (Å²) in [5, 5.41) is 3.83. The number of hydrogen-bond donors (Lipinski definition) is 1. The van der Waals surface area contributed by atoms with E-state index in [1.165, 1.54) is 17.0 Å². The summed E-state index contributed by atoms with van der Waals surface area (Å²) in [5.41, 5.74) is 1.79. The molecule has 1 aliphatic rings. The van der Waals surface area contributed by atoms with E-state index in [0.717, 1.165) is 35.6 Å². The maximum absolute atomic E-state index is 14.1. The first-order chi connectivity index (χ1) is 19.5. The van der Waals surface area contributed by atoms with Gasteiger partial charge in [0.25, 0.3) is 10.0 Å². The lowest BCUT2D eigenvalue weighted by molar-refractivity contribution is -0.139. The maximum atomic E-state index is 14.1. The highest BCUT2D eigenvalue weighted by molar-refractivity contribution is 9.10. The van der Waals surface area contributed by atoms with E-state index in [2.05, 4.69) is 21.2 Å². The first-order valence-electron chi connectivity index (χ1n) is 13.3. The van der Waals surface area contributed by atoms with Crippen LogP contribution in [0.2, 0.25) is 10.0 Å². The van der Waals surface area contributed by atoms with Crippen molar-refractivity contribution in [1.82, 2.24) is 10.2 Å². The third kappa shape index (κ3) is 7.83. The van der Waals surface area contributed by atoms with Gasteiger partial charge in [0.2, 0.25) is 11.8 Å².